The highest BCUT2D eigenvalue weighted by molar-refractivity contribution is 5.85. The van der Waals surface area contributed by atoms with Gasteiger partial charge in [0.05, 0.1) is 5.56 Å². The van der Waals surface area contributed by atoms with Crippen molar-refractivity contribution in [1.29, 1.82) is 0 Å². The summed E-state index contributed by atoms with van der Waals surface area (Å²) in [4.78, 5) is 1.95. The predicted octanol–water partition coefficient (Wildman–Crippen LogP) is 4.68. The second kappa shape index (κ2) is 8.70. The molecule has 24 heavy (non-hydrogen) atoms. The van der Waals surface area contributed by atoms with E-state index in [1.54, 1.807) is 0 Å². The largest absolute Gasteiger partial charge is 0.416 e. The summed E-state index contributed by atoms with van der Waals surface area (Å²) in [6.07, 6.45) is -4.56. The van der Waals surface area contributed by atoms with Crippen LogP contribution in [0.2, 0.25) is 0 Å². The number of nitrogens with zero attached hydrogens (tertiary/aromatic N) is 1. The number of nitrogens with one attached hydrogen (secondary N) is 1. The van der Waals surface area contributed by atoms with Crippen LogP contribution in [-0.4, -0.2) is 31.1 Å². The van der Waals surface area contributed by atoms with E-state index in [0.29, 0.717) is 26.2 Å². The lowest BCUT2D eigenvalue weighted by Crippen LogP contribution is -2.49. The number of benzene rings is 1. The van der Waals surface area contributed by atoms with Crippen LogP contribution >= 0.6 is 24.8 Å². The Kier molecular flexibility index (Phi) is 8.49. The minimum Gasteiger partial charge on any atom is -0.314 e. The molecule has 0 unspecified atom stereocenters. The average Bonchev–Trinajstić information content (AvgIpc) is 2.39. The Labute approximate surface area is 152 Å². The number of halogens is 6. The average molecular weight is 391 g/mol. The molecular formula is C16H24Cl2F4N2. The molecule has 0 spiro atoms. The molecule has 0 radical (unpaired) electrons. The molecule has 0 bridgehead atoms. The Morgan fingerprint density at radius 2 is 1.58 bits per heavy atom. The van der Waals surface area contributed by atoms with Crippen LogP contribution in [0.25, 0.3) is 0 Å². The molecule has 1 fully saturated rings. The topological polar surface area (TPSA) is 15.3 Å². The molecule has 1 atom stereocenters. The van der Waals surface area contributed by atoms with Crippen molar-refractivity contribution in [1.82, 2.24) is 10.2 Å². The van der Waals surface area contributed by atoms with Crippen LogP contribution in [0, 0.1) is 11.2 Å². The number of hydrogen-bond donors (Lipinski definition) is 1. The zero-order chi connectivity index (χ0) is 16.5. The van der Waals surface area contributed by atoms with Gasteiger partial charge in [0.25, 0.3) is 0 Å². The Morgan fingerprint density at radius 1 is 1.04 bits per heavy atom. The first-order valence-corrected chi connectivity index (χ1v) is 7.43. The van der Waals surface area contributed by atoms with E-state index < -0.39 is 29.0 Å². The van der Waals surface area contributed by atoms with Gasteiger partial charge in [-0.05, 0) is 17.5 Å². The summed E-state index contributed by atoms with van der Waals surface area (Å²) in [6.45, 7) is 8.16. The molecule has 1 aliphatic heterocycles. The highest BCUT2D eigenvalue weighted by Crippen LogP contribution is 2.44. The zero-order valence-electron chi connectivity index (χ0n) is 13.9. The number of rotatable bonds is 2. The van der Waals surface area contributed by atoms with Gasteiger partial charge in [-0.25, -0.2) is 4.39 Å². The molecule has 0 aromatic heterocycles. The van der Waals surface area contributed by atoms with Crippen LogP contribution in [0.15, 0.2) is 18.2 Å². The fourth-order valence-corrected chi connectivity index (χ4v) is 3.17. The lowest BCUT2D eigenvalue weighted by molar-refractivity contribution is -0.139. The maximum absolute atomic E-state index is 14.4. The lowest BCUT2D eigenvalue weighted by atomic mass is 9.79. The molecule has 0 saturated carbocycles. The molecule has 0 amide bonds. The van der Waals surface area contributed by atoms with Crippen molar-refractivity contribution in [3.05, 3.63) is 35.1 Å². The van der Waals surface area contributed by atoms with Crippen LogP contribution in [-0.2, 0) is 6.18 Å². The van der Waals surface area contributed by atoms with Crippen molar-refractivity contribution in [3.8, 4) is 0 Å². The molecule has 1 heterocycles. The minimum absolute atomic E-state index is 0. The van der Waals surface area contributed by atoms with Gasteiger partial charge in [0.1, 0.15) is 5.82 Å². The Balaban J connectivity index is 0.00000264. The molecule has 140 valence electrons. The van der Waals surface area contributed by atoms with E-state index in [2.05, 4.69) is 5.32 Å². The van der Waals surface area contributed by atoms with Crippen molar-refractivity contribution >= 4 is 24.8 Å². The van der Waals surface area contributed by atoms with Gasteiger partial charge in [0, 0.05) is 37.8 Å². The van der Waals surface area contributed by atoms with Gasteiger partial charge in [-0.15, -0.1) is 24.8 Å². The maximum atomic E-state index is 14.4. The van der Waals surface area contributed by atoms with Crippen LogP contribution in [0.1, 0.15) is 37.9 Å². The highest BCUT2D eigenvalue weighted by atomic mass is 35.5. The Morgan fingerprint density at radius 3 is 2.04 bits per heavy atom. The number of piperazine rings is 1. The Hall–Kier alpha value is -0.560. The molecule has 2 nitrogen and oxygen atoms in total. The van der Waals surface area contributed by atoms with E-state index in [9.17, 15) is 17.6 Å². The van der Waals surface area contributed by atoms with Gasteiger partial charge in [-0.3, -0.25) is 4.90 Å². The van der Waals surface area contributed by atoms with E-state index in [-0.39, 0.29) is 30.4 Å². The van der Waals surface area contributed by atoms with Crippen molar-refractivity contribution in [2.75, 3.05) is 26.2 Å². The fourth-order valence-electron chi connectivity index (χ4n) is 3.17. The predicted molar refractivity (Wildman–Crippen MR) is 92.5 cm³/mol. The first kappa shape index (κ1) is 23.4. The summed E-state index contributed by atoms with van der Waals surface area (Å²) < 4.78 is 54.4. The third kappa shape index (κ3) is 5.22. The molecule has 0 aliphatic carbocycles. The van der Waals surface area contributed by atoms with Gasteiger partial charge in [-0.2, -0.15) is 13.2 Å². The smallest absolute Gasteiger partial charge is 0.314 e. The summed E-state index contributed by atoms with van der Waals surface area (Å²) in [5.41, 5.74) is -1.62. The maximum Gasteiger partial charge on any atom is 0.416 e. The number of hydrogen-bond acceptors (Lipinski definition) is 2. The van der Waals surface area contributed by atoms with Gasteiger partial charge in [-0.1, -0.05) is 26.8 Å². The van der Waals surface area contributed by atoms with Crippen molar-refractivity contribution in [2.24, 2.45) is 5.41 Å². The second-order valence-corrected chi connectivity index (χ2v) is 6.75. The molecule has 1 N–H and O–H groups in total. The lowest BCUT2D eigenvalue weighted by Gasteiger charge is -2.43. The van der Waals surface area contributed by atoms with Gasteiger partial charge >= 0.3 is 6.18 Å². The van der Waals surface area contributed by atoms with Crippen molar-refractivity contribution in [2.45, 2.75) is 33.0 Å². The van der Waals surface area contributed by atoms with Crippen molar-refractivity contribution < 1.29 is 17.6 Å². The van der Waals surface area contributed by atoms with E-state index in [1.165, 1.54) is 0 Å². The summed E-state index contributed by atoms with van der Waals surface area (Å²) in [6, 6.07) is 2.59. The standard InChI is InChI=1S/C16H22F4N2.2ClH/c1-15(2,3)14(22-9-7-21-8-10-22)13-11(16(18,19)20)5-4-6-12(13)17;;/h4-6,14,21H,7-10H2,1-3H3;2*1H/t14-;;/m0../s1. The van der Waals surface area contributed by atoms with E-state index in [1.807, 2.05) is 25.7 Å². The molecular weight excluding hydrogens is 367 g/mol. The summed E-state index contributed by atoms with van der Waals surface area (Å²) in [5, 5.41) is 3.17. The van der Waals surface area contributed by atoms with Crippen molar-refractivity contribution in [3.63, 3.8) is 0 Å². The molecule has 1 aliphatic rings. The van der Waals surface area contributed by atoms with Crippen LogP contribution in [0.3, 0.4) is 0 Å². The molecule has 1 aromatic rings. The molecule has 8 heteroatoms. The highest BCUT2D eigenvalue weighted by Gasteiger charge is 2.42. The normalized spacial score (nSPS) is 17.6. The first-order valence-electron chi connectivity index (χ1n) is 7.43. The fraction of sp³-hybridized carbons (Fsp3) is 0.625. The summed E-state index contributed by atoms with van der Waals surface area (Å²) >= 11 is 0. The van der Waals surface area contributed by atoms with Crippen LogP contribution < -0.4 is 5.32 Å². The monoisotopic (exact) mass is 390 g/mol. The van der Waals surface area contributed by atoms with E-state index >= 15 is 0 Å². The molecule has 2 rings (SSSR count). The quantitative estimate of drug-likeness (QED) is 0.737. The molecule has 1 aromatic carbocycles. The van der Waals surface area contributed by atoms with Gasteiger partial charge in [0.2, 0.25) is 0 Å². The van der Waals surface area contributed by atoms with Crippen LogP contribution in [0.5, 0.6) is 0 Å². The van der Waals surface area contributed by atoms with E-state index in [0.717, 1.165) is 18.2 Å². The van der Waals surface area contributed by atoms with Gasteiger partial charge in [0.15, 0.2) is 0 Å². The van der Waals surface area contributed by atoms with Crippen LogP contribution in [0.4, 0.5) is 17.6 Å². The van der Waals surface area contributed by atoms with E-state index in [4.69, 9.17) is 0 Å². The summed E-state index contributed by atoms with van der Waals surface area (Å²) in [5.74, 6) is -0.784. The second-order valence-electron chi connectivity index (χ2n) is 6.75. The zero-order valence-corrected chi connectivity index (χ0v) is 15.5. The summed E-state index contributed by atoms with van der Waals surface area (Å²) in [7, 11) is 0. The van der Waals surface area contributed by atoms with Gasteiger partial charge < -0.3 is 5.32 Å². The SMILES string of the molecule is CC(C)(C)[C@H](c1c(F)cccc1C(F)(F)F)N1CCNCC1.Cl.Cl. The number of alkyl halides is 3. The third-order valence-corrected chi connectivity index (χ3v) is 3.97. The Bertz CT molecular complexity index is 524. The third-order valence-electron chi connectivity index (χ3n) is 3.97. The first-order chi connectivity index (χ1) is 10.1. The minimum atomic E-state index is -4.56. The molecule has 1 saturated heterocycles.